The highest BCUT2D eigenvalue weighted by molar-refractivity contribution is 4.74. The van der Waals surface area contributed by atoms with Gasteiger partial charge in [-0.05, 0) is 45.1 Å². The molecule has 5 heteroatoms. The quantitative estimate of drug-likeness (QED) is 0.496. The highest BCUT2D eigenvalue weighted by Gasteiger charge is 2.26. The molecule has 0 amide bonds. The summed E-state index contributed by atoms with van der Waals surface area (Å²) in [5.41, 5.74) is 5.36. The Morgan fingerprint density at radius 2 is 2.06 bits per heavy atom. The van der Waals surface area contributed by atoms with Crippen LogP contribution in [0.5, 0.6) is 0 Å². The molecule has 1 aliphatic carbocycles. The summed E-state index contributed by atoms with van der Waals surface area (Å²) >= 11 is 0. The number of ether oxygens (including phenoxy) is 1. The van der Waals surface area contributed by atoms with Crippen molar-refractivity contribution < 1.29 is 20.1 Å². The van der Waals surface area contributed by atoms with E-state index in [0.29, 0.717) is 25.8 Å². The normalized spacial score (nSPS) is 29.8. The van der Waals surface area contributed by atoms with Gasteiger partial charge in [-0.15, -0.1) is 0 Å². The molecule has 0 saturated heterocycles. The van der Waals surface area contributed by atoms with Gasteiger partial charge in [0.1, 0.15) is 0 Å². The summed E-state index contributed by atoms with van der Waals surface area (Å²) in [4.78, 5) is 0. The van der Waals surface area contributed by atoms with Crippen LogP contribution >= 0.6 is 0 Å². The van der Waals surface area contributed by atoms with Crippen LogP contribution in [0, 0.1) is 5.92 Å². The molecule has 1 rings (SSSR count). The molecule has 0 aromatic carbocycles. The molecule has 0 aromatic rings. The predicted octanol–water partition coefficient (Wildman–Crippen LogP) is 0.361. The van der Waals surface area contributed by atoms with Gasteiger partial charge in [0.15, 0.2) is 6.29 Å². The van der Waals surface area contributed by atoms with E-state index in [1.165, 1.54) is 0 Å². The van der Waals surface area contributed by atoms with Gasteiger partial charge < -0.3 is 25.8 Å². The Kier molecular flexibility index (Phi) is 7.11. The van der Waals surface area contributed by atoms with Crippen LogP contribution in [0.2, 0.25) is 0 Å². The molecule has 5 nitrogen and oxygen atoms in total. The summed E-state index contributed by atoms with van der Waals surface area (Å²) < 4.78 is 5.56. The highest BCUT2D eigenvalue weighted by atomic mass is 16.6. The molecule has 1 aliphatic rings. The fraction of sp³-hybridized carbons (Fsp3) is 1.00. The fourth-order valence-corrected chi connectivity index (χ4v) is 2.43. The monoisotopic (exact) mass is 261 g/mol. The van der Waals surface area contributed by atoms with Gasteiger partial charge in [0.05, 0.1) is 18.3 Å². The lowest BCUT2D eigenvalue weighted by atomic mass is 9.94. The van der Waals surface area contributed by atoms with Crippen LogP contribution in [0.3, 0.4) is 0 Å². The third kappa shape index (κ3) is 5.63. The molecule has 0 spiro atoms. The van der Waals surface area contributed by atoms with Crippen molar-refractivity contribution in [1.82, 2.24) is 0 Å². The van der Waals surface area contributed by atoms with E-state index in [4.69, 9.17) is 10.5 Å². The third-order valence-corrected chi connectivity index (χ3v) is 3.56. The zero-order chi connectivity index (χ0) is 13.5. The summed E-state index contributed by atoms with van der Waals surface area (Å²) in [7, 11) is 0. The molecule has 108 valence electrons. The smallest absolute Gasteiger partial charge is 0.157 e. The van der Waals surface area contributed by atoms with Gasteiger partial charge in [0.25, 0.3) is 0 Å². The van der Waals surface area contributed by atoms with E-state index in [-0.39, 0.29) is 18.1 Å². The average molecular weight is 261 g/mol. The standard InChI is InChI=1S/C13H27NO4/c1-9(7-11(16)5-6-14)13(17)18-12-4-2-3-10(15)8-12/h9-13,15-17H,2-8,14H2,1H3/t9-,10+,11-,12-,13-/m1/s1. The van der Waals surface area contributed by atoms with Gasteiger partial charge in [-0.3, -0.25) is 0 Å². The number of aliphatic hydroxyl groups is 3. The van der Waals surface area contributed by atoms with Crippen LogP contribution in [-0.4, -0.2) is 46.5 Å². The second kappa shape index (κ2) is 8.07. The number of hydrogen-bond acceptors (Lipinski definition) is 5. The minimum absolute atomic E-state index is 0.0714. The maximum absolute atomic E-state index is 9.93. The molecule has 0 radical (unpaired) electrons. The molecule has 5 N–H and O–H groups in total. The van der Waals surface area contributed by atoms with Crippen molar-refractivity contribution in [2.45, 2.75) is 70.1 Å². The van der Waals surface area contributed by atoms with Crippen LogP contribution in [0.1, 0.15) is 45.4 Å². The van der Waals surface area contributed by atoms with Gasteiger partial charge >= 0.3 is 0 Å². The third-order valence-electron chi connectivity index (χ3n) is 3.56. The average Bonchev–Trinajstić information content (AvgIpc) is 2.29. The van der Waals surface area contributed by atoms with E-state index >= 15 is 0 Å². The number of aliphatic hydroxyl groups excluding tert-OH is 3. The Balaban J connectivity index is 2.27. The van der Waals surface area contributed by atoms with Crippen LogP contribution in [0.15, 0.2) is 0 Å². The van der Waals surface area contributed by atoms with Crippen LogP contribution in [0.25, 0.3) is 0 Å². The van der Waals surface area contributed by atoms with Gasteiger partial charge in [-0.1, -0.05) is 6.92 Å². The molecular weight excluding hydrogens is 234 g/mol. The van der Waals surface area contributed by atoms with E-state index in [0.717, 1.165) is 19.3 Å². The molecule has 0 bridgehead atoms. The molecule has 1 saturated carbocycles. The Hall–Kier alpha value is -0.200. The lowest BCUT2D eigenvalue weighted by Gasteiger charge is -2.30. The Bertz CT molecular complexity index is 227. The number of hydrogen-bond donors (Lipinski definition) is 4. The second-order valence-corrected chi connectivity index (χ2v) is 5.41. The fourth-order valence-electron chi connectivity index (χ4n) is 2.43. The molecule has 0 heterocycles. The van der Waals surface area contributed by atoms with Crippen molar-refractivity contribution in [2.24, 2.45) is 11.7 Å². The molecule has 0 aliphatic heterocycles. The van der Waals surface area contributed by atoms with Crippen molar-refractivity contribution in [3.05, 3.63) is 0 Å². The lowest BCUT2D eigenvalue weighted by molar-refractivity contribution is -0.180. The summed E-state index contributed by atoms with van der Waals surface area (Å²) in [5.74, 6) is -0.134. The second-order valence-electron chi connectivity index (χ2n) is 5.41. The maximum Gasteiger partial charge on any atom is 0.157 e. The van der Waals surface area contributed by atoms with Crippen LogP contribution in [0.4, 0.5) is 0 Å². The molecule has 18 heavy (non-hydrogen) atoms. The summed E-state index contributed by atoms with van der Waals surface area (Å²) in [6.07, 6.45) is 2.50. The number of rotatable bonds is 7. The van der Waals surface area contributed by atoms with Crippen molar-refractivity contribution in [1.29, 1.82) is 0 Å². The minimum Gasteiger partial charge on any atom is -0.393 e. The van der Waals surface area contributed by atoms with E-state index < -0.39 is 12.4 Å². The van der Waals surface area contributed by atoms with E-state index in [2.05, 4.69) is 0 Å². The van der Waals surface area contributed by atoms with Crippen molar-refractivity contribution in [2.75, 3.05) is 6.54 Å². The molecule has 0 aromatic heterocycles. The predicted molar refractivity (Wildman–Crippen MR) is 68.8 cm³/mol. The minimum atomic E-state index is -0.882. The van der Waals surface area contributed by atoms with Crippen LogP contribution in [-0.2, 0) is 4.74 Å². The largest absolute Gasteiger partial charge is 0.393 e. The summed E-state index contributed by atoms with van der Waals surface area (Å²) in [6.45, 7) is 2.29. The lowest BCUT2D eigenvalue weighted by Crippen LogP contribution is -2.34. The first-order valence-electron chi connectivity index (χ1n) is 6.92. The molecular formula is C13H27NO4. The Morgan fingerprint density at radius 1 is 1.33 bits per heavy atom. The number of nitrogens with two attached hydrogens (primary N) is 1. The molecule has 1 fully saturated rings. The van der Waals surface area contributed by atoms with Gasteiger partial charge in [0.2, 0.25) is 0 Å². The zero-order valence-corrected chi connectivity index (χ0v) is 11.2. The van der Waals surface area contributed by atoms with Crippen molar-refractivity contribution >= 4 is 0 Å². The SMILES string of the molecule is C[C@H](C[C@H](O)CCN)[C@H](O)O[C@@H]1CCC[C@H](O)C1. The van der Waals surface area contributed by atoms with Gasteiger partial charge in [-0.25, -0.2) is 0 Å². The highest BCUT2D eigenvalue weighted by Crippen LogP contribution is 2.24. The van der Waals surface area contributed by atoms with E-state index in [1.54, 1.807) is 0 Å². The van der Waals surface area contributed by atoms with Gasteiger partial charge in [-0.2, -0.15) is 0 Å². The summed E-state index contributed by atoms with van der Waals surface area (Å²) in [6, 6.07) is 0. The first kappa shape index (κ1) is 15.9. The van der Waals surface area contributed by atoms with Crippen LogP contribution < -0.4 is 5.73 Å². The van der Waals surface area contributed by atoms with Crippen molar-refractivity contribution in [3.63, 3.8) is 0 Å². The first-order chi connectivity index (χ1) is 8.52. The van der Waals surface area contributed by atoms with E-state index in [1.807, 2.05) is 6.92 Å². The zero-order valence-electron chi connectivity index (χ0n) is 11.2. The first-order valence-corrected chi connectivity index (χ1v) is 6.92. The Labute approximate surface area is 109 Å². The van der Waals surface area contributed by atoms with Crippen molar-refractivity contribution in [3.8, 4) is 0 Å². The summed E-state index contributed by atoms with van der Waals surface area (Å²) in [5, 5.41) is 29.1. The topological polar surface area (TPSA) is 95.9 Å². The molecule has 5 atom stereocenters. The maximum atomic E-state index is 9.93. The Morgan fingerprint density at radius 3 is 2.67 bits per heavy atom. The van der Waals surface area contributed by atoms with E-state index in [9.17, 15) is 15.3 Å². The molecule has 0 unspecified atom stereocenters. The van der Waals surface area contributed by atoms with Gasteiger partial charge in [0, 0.05) is 5.92 Å².